The molecule has 0 saturated carbocycles. The van der Waals surface area contributed by atoms with Crippen molar-refractivity contribution in [2.75, 3.05) is 13.6 Å². The van der Waals surface area contributed by atoms with Gasteiger partial charge in [-0.15, -0.1) is 12.4 Å². The Morgan fingerprint density at radius 1 is 1.08 bits per heavy atom. The second-order valence-corrected chi connectivity index (χ2v) is 6.41. The van der Waals surface area contributed by atoms with E-state index < -0.39 is 0 Å². The molecule has 3 rings (SSSR count). The summed E-state index contributed by atoms with van der Waals surface area (Å²) in [5.74, 6) is 0.737. The molecule has 140 valence electrons. The van der Waals surface area contributed by atoms with E-state index in [2.05, 4.69) is 29.1 Å². The van der Waals surface area contributed by atoms with Crippen LogP contribution in [-0.2, 0) is 27.2 Å². The Morgan fingerprint density at radius 2 is 1.73 bits per heavy atom. The van der Waals surface area contributed by atoms with E-state index in [9.17, 15) is 9.59 Å². The molecule has 0 saturated heterocycles. The van der Waals surface area contributed by atoms with Crippen LogP contribution in [-0.4, -0.2) is 37.2 Å². The number of rotatable bonds is 5. The summed E-state index contributed by atoms with van der Waals surface area (Å²) in [4.78, 5) is 31.2. The first-order chi connectivity index (χ1) is 11.9. The van der Waals surface area contributed by atoms with Crippen LogP contribution in [0.5, 0.6) is 0 Å². The summed E-state index contributed by atoms with van der Waals surface area (Å²) in [6, 6.07) is 10.3. The molecule has 26 heavy (non-hydrogen) atoms. The summed E-state index contributed by atoms with van der Waals surface area (Å²) in [5.41, 5.74) is 1.51. The van der Waals surface area contributed by atoms with Gasteiger partial charge in [-0.2, -0.15) is 0 Å². The lowest BCUT2D eigenvalue weighted by molar-refractivity contribution is 0.312. The third-order valence-corrected chi connectivity index (χ3v) is 4.54. The monoisotopic (exact) mass is 377 g/mol. The zero-order valence-electron chi connectivity index (χ0n) is 15.5. The molecule has 2 aromatic heterocycles. The van der Waals surface area contributed by atoms with Gasteiger partial charge in [-0.3, -0.25) is 13.9 Å². The molecule has 2 heterocycles. The number of benzene rings is 1. The lowest BCUT2D eigenvalue weighted by Crippen LogP contribution is -2.37. The lowest BCUT2D eigenvalue weighted by Gasteiger charge is -2.18. The van der Waals surface area contributed by atoms with E-state index in [0.29, 0.717) is 17.7 Å². The van der Waals surface area contributed by atoms with E-state index in [1.807, 2.05) is 29.7 Å². The third-order valence-electron chi connectivity index (χ3n) is 4.54. The SMILES string of the molecule is Cc1nc2c(c(=O)n(C)c(=O)n2C)n1CCN(C)Cc1ccccc1.Cl. The summed E-state index contributed by atoms with van der Waals surface area (Å²) in [6.45, 7) is 4.11. The van der Waals surface area contributed by atoms with Crippen LogP contribution in [0.2, 0.25) is 0 Å². The fourth-order valence-electron chi connectivity index (χ4n) is 3.07. The Morgan fingerprint density at radius 3 is 2.38 bits per heavy atom. The first-order valence-corrected chi connectivity index (χ1v) is 8.25. The van der Waals surface area contributed by atoms with Gasteiger partial charge in [-0.1, -0.05) is 30.3 Å². The molecule has 0 aliphatic rings. The fourth-order valence-corrected chi connectivity index (χ4v) is 3.07. The highest BCUT2D eigenvalue weighted by atomic mass is 35.5. The average Bonchev–Trinajstić information content (AvgIpc) is 2.94. The maximum atomic E-state index is 12.5. The molecule has 0 bridgehead atoms. The highest BCUT2D eigenvalue weighted by Crippen LogP contribution is 2.11. The van der Waals surface area contributed by atoms with Gasteiger partial charge in [0.2, 0.25) is 0 Å². The number of likely N-dealkylation sites (N-methyl/N-ethyl adjacent to an activating group) is 1. The smallest absolute Gasteiger partial charge is 0.321 e. The molecular weight excluding hydrogens is 354 g/mol. The highest BCUT2D eigenvalue weighted by molar-refractivity contribution is 5.85. The van der Waals surface area contributed by atoms with Crippen LogP contribution >= 0.6 is 12.4 Å². The summed E-state index contributed by atoms with van der Waals surface area (Å²) in [5, 5.41) is 0. The minimum absolute atomic E-state index is 0. The molecule has 0 radical (unpaired) electrons. The van der Waals surface area contributed by atoms with Crippen LogP contribution in [0.1, 0.15) is 11.4 Å². The summed E-state index contributed by atoms with van der Waals surface area (Å²) < 4.78 is 4.46. The van der Waals surface area contributed by atoms with Gasteiger partial charge in [-0.05, 0) is 19.5 Å². The number of aryl methyl sites for hydroxylation is 2. The van der Waals surface area contributed by atoms with Gasteiger partial charge in [0.15, 0.2) is 11.2 Å². The first kappa shape index (κ1) is 19.9. The molecule has 0 atom stereocenters. The van der Waals surface area contributed by atoms with E-state index in [1.54, 1.807) is 7.05 Å². The number of fused-ring (bicyclic) bond motifs is 1. The topological polar surface area (TPSA) is 65.1 Å². The van der Waals surface area contributed by atoms with Crippen LogP contribution < -0.4 is 11.2 Å². The van der Waals surface area contributed by atoms with E-state index >= 15 is 0 Å². The number of hydrogen-bond acceptors (Lipinski definition) is 4. The van der Waals surface area contributed by atoms with E-state index in [4.69, 9.17) is 0 Å². The van der Waals surface area contributed by atoms with Crippen molar-refractivity contribution < 1.29 is 0 Å². The van der Waals surface area contributed by atoms with Crippen molar-refractivity contribution in [3.05, 3.63) is 62.6 Å². The second-order valence-electron chi connectivity index (χ2n) is 6.41. The fraction of sp³-hybridized carbons (Fsp3) is 0.389. The molecule has 0 fully saturated rings. The number of halogens is 1. The molecule has 0 amide bonds. The standard InChI is InChI=1S/C18H23N5O2.ClH/c1-13-19-16-15(17(24)22(4)18(25)21(16)3)23(13)11-10-20(2)12-14-8-6-5-7-9-14;/h5-9H,10-12H2,1-4H3;1H. The predicted octanol–water partition coefficient (Wildman–Crippen LogP) is 1.30. The van der Waals surface area contributed by atoms with Crippen molar-refractivity contribution in [2.24, 2.45) is 14.1 Å². The molecule has 0 unspecified atom stereocenters. The van der Waals surface area contributed by atoms with Crippen LogP contribution in [0.4, 0.5) is 0 Å². The van der Waals surface area contributed by atoms with Crippen molar-refractivity contribution in [3.63, 3.8) is 0 Å². The van der Waals surface area contributed by atoms with Gasteiger partial charge >= 0.3 is 5.69 Å². The zero-order valence-corrected chi connectivity index (χ0v) is 16.3. The highest BCUT2D eigenvalue weighted by Gasteiger charge is 2.17. The average molecular weight is 378 g/mol. The van der Waals surface area contributed by atoms with Gasteiger partial charge in [0.1, 0.15) is 5.82 Å². The summed E-state index contributed by atoms with van der Waals surface area (Å²) >= 11 is 0. The molecule has 8 heteroatoms. The van der Waals surface area contributed by atoms with Gasteiger partial charge in [0.05, 0.1) is 0 Å². The van der Waals surface area contributed by atoms with Crippen molar-refractivity contribution in [1.82, 2.24) is 23.6 Å². The van der Waals surface area contributed by atoms with E-state index in [1.165, 1.54) is 17.2 Å². The number of aromatic nitrogens is 4. The molecule has 3 aromatic rings. The Kier molecular flexibility index (Phi) is 6.05. The molecule has 0 spiro atoms. The number of hydrogen-bond donors (Lipinski definition) is 0. The summed E-state index contributed by atoms with van der Waals surface area (Å²) in [7, 11) is 5.19. The molecule has 7 nitrogen and oxygen atoms in total. The van der Waals surface area contributed by atoms with Crippen LogP contribution in [0.15, 0.2) is 39.9 Å². The maximum absolute atomic E-state index is 12.5. The van der Waals surface area contributed by atoms with E-state index in [0.717, 1.165) is 23.5 Å². The maximum Gasteiger partial charge on any atom is 0.332 e. The van der Waals surface area contributed by atoms with Gasteiger partial charge in [0.25, 0.3) is 5.56 Å². The van der Waals surface area contributed by atoms with Gasteiger partial charge in [0, 0.05) is 33.7 Å². The van der Waals surface area contributed by atoms with Crippen LogP contribution in [0, 0.1) is 6.92 Å². The van der Waals surface area contributed by atoms with Crippen molar-refractivity contribution >= 4 is 23.6 Å². The third kappa shape index (κ3) is 3.59. The summed E-state index contributed by atoms with van der Waals surface area (Å²) in [6.07, 6.45) is 0. The Bertz CT molecular complexity index is 1020. The van der Waals surface area contributed by atoms with Gasteiger partial charge in [-0.25, -0.2) is 9.78 Å². The number of imidazole rings is 1. The van der Waals surface area contributed by atoms with Crippen LogP contribution in [0.25, 0.3) is 11.2 Å². The molecule has 1 aromatic carbocycles. The molecule has 0 aliphatic heterocycles. The van der Waals surface area contributed by atoms with Crippen molar-refractivity contribution in [1.29, 1.82) is 0 Å². The molecule has 0 aliphatic carbocycles. The normalized spacial score (nSPS) is 11.1. The minimum Gasteiger partial charge on any atom is -0.321 e. The Balaban J connectivity index is 0.00000243. The number of nitrogens with zero attached hydrogens (tertiary/aromatic N) is 5. The quantitative estimate of drug-likeness (QED) is 0.672. The largest absolute Gasteiger partial charge is 0.332 e. The molecule has 0 N–H and O–H groups in total. The molecular formula is C18H24ClN5O2. The first-order valence-electron chi connectivity index (χ1n) is 8.25. The Labute approximate surface area is 157 Å². The lowest BCUT2D eigenvalue weighted by atomic mass is 10.2. The van der Waals surface area contributed by atoms with Gasteiger partial charge < -0.3 is 9.47 Å². The predicted molar refractivity (Wildman–Crippen MR) is 105 cm³/mol. The van der Waals surface area contributed by atoms with Crippen LogP contribution in [0.3, 0.4) is 0 Å². The minimum atomic E-state index is -0.358. The zero-order chi connectivity index (χ0) is 18.1. The van der Waals surface area contributed by atoms with Crippen molar-refractivity contribution in [2.45, 2.75) is 20.0 Å². The van der Waals surface area contributed by atoms with Crippen molar-refractivity contribution in [3.8, 4) is 0 Å². The second kappa shape index (κ2) is 7.88. The van der Waals surface area contributed by atoms with E-state index in [-0.39, 0.29) is 23.7 Å². The Hall–Kier alpha value is -2.38.